The molecular formula is C27H29ClN2O4. The molecule has 0 aliphatic carbocycles. The fraction of sp³-hybridized carbons (Fsp3) is 0.370. The molecule has 2 aliphatic heterocycles. The molecule has 1 saturated heterocycles. The molecule has 6 nitrogen and oxygen atoms in total. The van der Waals surface area contributed by atoms with Gasteiger partial charge in [0.25, 0.3) is 5.91 Å². The van der Waals surface area contributed by atoms with Crippen LogP contribution in [0.3, 0.4) is 0 Å². The SMILES string of the molecule is CN1CCC[C@@H](COc2cc(-c3cccc(Cl)c3)cc3c2OCCN(C(=O)c2ccco2)C3)C1. The second kappa shape index (κ2) is 10.1. The summed E-state index contributed by atoms with van der Waals surface area (Å²) in [6, 6.07) is 15.3. The summed E-state index contributed by atoms with van der Waals surface area (Å²) in [5, 5.41) is 0.672. The number of furan rings is 1. The molecule has 3 heterocycles. The number of fused-ring (bicyclic) bond motifs is 1. The van der Waals surface area contributed by atoms with Crippen LogP contribution in [0.5, 0.6) is 11.5 Å². The Balaban J connectivity index is 1.47. The molecule has 0 bridgehead atoms. The number of halogens is 1. The Morgan fingerprint density at radius 1 is 1.15 bits per heavy atom. The molecule has 178 valence electrons. The minimum atomic E-state index is -0.151. The quantitative estimate of drug-likeness (QED) is 0.492. The summed E-state index contributed by atoms with van der Waals surface area (Å²) in [6.45, 7) is 4.06. The van der Waals surface area contributed by atoms with Crippen LogP contribution in [0.2, 0.25) is 5.02 Å². The van der Waals surface area contributed by atoms with Crippen molar-refractivity contribution in [2.45, 2.75) is 19.4 Å². The number of carbonyl (C=O) groups excluding carboxylic acids is 1. The van der Waals surface area contributed by atoms with Gasteiger partial charge in [0.05, 0.1) is 26.0 Å². The third-order valence-electron chi connectivity index (χ3n) is 6.47. The summed E-state index contributed by atoms with van der Waals surface area (Å²) < 4.78 is 17.9. The minimum Gasteiger partial charge on any atom is -0.489 e. The van der Waals surface area contributed by atoms with Gasteiger partial charge in [-0.1, -0.05) is 23.7 Å². The average molecular weight is 481 g/mol. The van der Waals surface area contributed by atoms with Crippen LogP contribution in [0.4, 0.5) is 0 Å². The Hall–Kier alpha value is -2.96. The lowest BCUT2D eigenvalue weighted by molar-refractivity contribution is 0.0701. The first-order valence-electron chi connectivity index (χ1n) is 11.8. The number of amides is 1. The van der Waals surface area contributed by atoms with Gasteiger partial charge < -0.3 is 23.7 Å². The third kappa shape index (κ3) is 5.08. The Morgan fingerprint density at radius 3 is 2.85 bits per heavy atom. The van der Waals surface area contributed by atoms with Gasteiger partial charge in [-0.15, -0.1) is 0 Å². The van der Waals surface area contributed by atoms with Gasteiger partial charge in [0.15, 0.2) is 17.3 Å². The van der Waals surface area contributed by atoms with Crippen LogP contribution in [0.25, 0.3) is 11.1 Å². The molecule has 0 spiro atoms. The predicted octanol–water partition coefficient (Wildman–Crippen LogP) is 5.36. The van der Waals surface area contributed by atoms with E-state index in [-0.39, 0.29) is 5.91 Å². The van der Waals surface area contributed by atoms with Gasteiger partial charge in [0, 0.05) is 23.0 Å². The summed E-state index contributed by atoms with van der Waals surface area (Å²) in [4.78, 5) is 17.1. The molecule has 3 aromatic rings. The monoisotopic (exact) mass is 480 g/mol. The van der Waals surface area contributed by atoms with Crippen molar-refractivity contribution in [1.29, 1.82) is 0 Å². The molecule has 7 heteroatoms. The zero-order valence-corrected chi connectivity index (χ0v) is 20.1. The summed E-state index contributed by atoms with van der Waals surface area (Å²) in [5.74, 6) is 2.08. The lowest BCUT2D eigenvalue weighted by atomic mass is 9.99. The van der Waals surface area contributed by atoms with Gasteiger partial charge in [-0.05, 0) is 74.0 Å². The van der Waals surface area contributed by atoms with E-state index in [9.17, 15) is 4.79 Å². The maximum Gasteiger partial charge on any atom is 0.289 e. The second-order valence-corrected chi connectivity index (χ2v) is 9.54. The van der Waals surface area contributed by atoms with E-state index in [1.54, 1.807) is 17.0 Å². The summed E-state index contributed by atoms with van der Waals surface area (Å²) >= 11 is 6.28. The van der Waals surface area contributed by atoms with E-state index in [0.717, 1.165) is 36.2 Å². The Bertz CT molecular complexity index is 1150. The third-order valence-corrected chi connectivity index (χ3v) is 6.71. The normalized spacial score (nSPS) is 18.6. The molecule has 1 aromatic heterocycles. The average Bonchev–Trinajstić information content (AvgIpc) is 3.29. The van der Waals surface area contributed by atoms with E-state index in [4.69, 9.17) is 25.5 Å². The Morgan fingerprint density at radius 2 is 2.06 bits per heavy atom. The molecule has 0 saturated carbocycles. The van der Waals surface area contributed by atoms with E-state index in [1.165, 1.54) is 12.7 Å². The van der Waals surface area contributed by atoms with Crippen LogP contribution in [0.1, 0.15) is 29.0 Å². The molecule has 0 N–H and O–H groups in total. The number of ether oxygens (including phenoxy) is 2. The zero-order valence-electron chi connectivity index (χ0n) is 19.3. The maximum absolute atomic E-state index is 13.0. The molecule has 0 unspecified atom stereocenters. The first kappa shape index (κ1) is 22.8. The largest absolute Gasteiger partial charge is 0.489 e. The first-order valence-corrected chi connectivity index (χ1v) is 12.1. The van der Waals surface area contributed by atoms with Crippen molar-refractivity contribution in [3.05, 3.63) is 71.1 Å². The predicted molar refractivity (Wildman–Crippen MR) is 132 cm³/mol. The lowest BCUT2D eigenvalue weighted by Crippen LogP contribution is -2.34. The fourth-order valence-corrected chi connectivity index (χ4v) is 4.96. The number of carbonyl (C=O) groups is 1. The highest BCUT2D eigenvalue weighted by Gasteiger charge is 2.26. The number of likely N-dealkylation sites (tertiary alicyclic amines) is 1. The van der Waals surface area contributed by atoms with E-state index in [0.29, 0.717) is 54.5 Å². The van der Waals surface area contributed by atoms with Crippen molar-refractivity contribution in [3.63, 3.8) is 0 Å². The van der Waals surface area contributed by atoms with Gasteiger partial charge >= 0.3 is 0 Å². The number of nitrogens with zero attached hydrogens (tertiary/aromatic N) is 2. The molecule has 0 radical (unpaired) electrons. The Labute approximate surface area is 205 Å². The van der Waals surface area contributed by atoms with Crippen molar-refractivity contribution < 1.29 is 18.7 Å². The van der Waals surface area contributed by atoms with Gasteiger partial charge in [-0.2, -0.15) is 0 Å². The van der Waals surface area contributed by atoms with Crippen molar-refractivity contribution in [2.75, 3.05) is 39.9 Å². The second-order valence-electron chi connectivity index (χ2n) is 9.11. The molecule has 2 aromatic carbocycles. The molecular weight excluding hydrogens is 452 g/mol. The van der Waals surface area contributed by atoms with E-state index >= 15 is 0 Å². The molecule has 2 aliphatic rings. The van der Waals surface area contributed by atoms with Gasteiger partial charge in [-0.3, -0.25) is 4.79 Å². The number of piperidine rings is 1. The summed E-state index contributed by atoms with van der Waals surface area (Å²) in [5.41, 5.74) is 2.88. The zero-order chi connectivity index (χ0) is 23.5. The molecule has 1 atom stereocenters. The Kier molecular flexibility index (Phi) is 6.79. The van der Waals surface area contributed by atoms with Crippen LogP contribution in [0.15, 0.2) is 59.2 Å². The molecule has 5 rings (SSSR count). The standard InChI is InChI=1S/C27H29ClN2O4/c1-29-9-3-5-19(16-29)18-34-25-15-21(20-6-2-7-23(28)14-20)13-22-17-30(10-12-33-26(22)25)27(31)24-8-4-11-32-24/h2,4,6-8,11,13-15,19H,3,5,9-10,12,16-18H2,1H3/t19-/m1/s1. The molecule has 34 heavy (non-hydrogen) atoms. The van der Waals surface area contributed by atoms with Crippen LogP contribution in [-0.2, 0) is 6.54 Å². The van der Waals surface area contributed by atoms with Crippen molar-refractivity contribution in [1.82, 2.24) is 9.80 Å². The van der Waals surface area contributed by atoms with Crippen LogP contribution in [-0.4, -0.2) is 55.6 Å². The molecule has 1 fully saturated rings. The molecule has 1 amide bonds. The fourth-order valence-electron chi connectivity index (χ4n) is 4.77. The van der Waals surface area contributed by atoms with Crippen molar-refractivity contribution in [2.24, 2.45) is 5.92 Å². The van der Waals surface area contributed by atoms with Gasteiger partial charge in [0.2, 0.25) is 0 Å². The first-order chi connectivity index (χ1) is 16.6. The van der Waals surface area contributed by atoms with Crippen molar-refractivity contribution in [3.8, 4) is 22.6 Å². The topological polar surface area (TPSA) is 55.2 Å². The van der Waals surface area contributed by atoms with Crippen LogP contribution in [0, 0.1) is 5.92 Å². The van der Waals surface area contributed by atoms with Crippen LogP contribution >= 0.6 is 11.6 Å². The van der Waals surface area contributed by atoms with E-state index < -0.39 is 0 Å². The number of hydrogen-bond donors (Lipinski definition) is 0. The van der Waals surface area contributed by atoms with E-state index in [1.807, 2.05) is 30.3 Å². The maximum atomic E-state index is 13.0. The highest BCUT2D eigenvalue weighted by molar-refractivity contribution is 6.30. The van der Waals surface area contributed by atoms with Gasteiger partial charge in [-0.25, -0.2) is 0 Å². The number of hydrogen-bond acceptors (Lipinski definition) is 5. The lowest BCUT2D eigenvalue weighted by Gasteiger charge is -2.29. The smallest absolute Gasteiger partial charge is 0.289 e. The van der Waals surface area contributed by atoms with Crippen LogP contribution < -0.4 is 9.47 Å². The number of rotatable bonds is 5. The highest BCUT2D eigenvalue weighted by atomic mass is 35.5. The highest BCUT2D eigenvalue weighted by Crippen LogP contribution is 2.39. The minimum absolute atomic E-state index is 0.151. The summed E-state index contributed by atoms with van der Waals surface area (Å²) in [6.07, 6.45) is 3.86. The number of benzene rings is 2. The van der Waals surface area contributed by atoms with Crippen molar-refractivity contribution >= 4 is 17.5 Å². The summed E-state index contributed by atoms with van der Waals surface area (Å²) in [7, 11) is 2.16. The van der Waals surface area contributed by atoms with E-state index in [2.05, 4.69) is 18.0 Å². The van der Waals surface area contributed by atoms with Gasteiger partial charge in [0.1, 0.15) is 6.61 Å².